The fourth-order valence-electron chi connectivity index (χ4n) is 1.71. The molecule has 0 aliphatic rings. The van der Waals surface area contributed by atoms with Gasteiger partial charge in [-0.05, 0) is 18.2 Å². The number of esters is 1. The summed E-state index contributed by atoms with van der Waals surface area (Å²) in [4.78, 5) is 33.8. The molecule has 0 amide bonds. The maximum Gasteiger partial charge on any atom is 0.338 e. The number of carbonyl (C=O) groups excluding carboxylic acids is 2. The molecule has 6 nitrogen and oxygen atoms in total. The lowest BCUT2D eigenvalue weighted by atomic mass is 10.1. The molecule has 0 unspecified atom stereocenters. The molecule has 2 rings (SSSR count). The van der Waals surface area contributed by atoms with E-state index >= 15 is 0 Å². The highest BCUT2D eigenvalue weighted by Crippen LogP contribution is 2.23. The minimum atomic E-state index is -0.748. The molecule has 8 heteroatoms. The van der Waals surface area contributed by atoms with Crippen LogP contribution in [0.5, 0.6) is 0 Å². The fourth-order valence-corrected chi connectivity index (χ4v) is 2.01. The number of nitrogens with zero attached hydrogens (tertiary/aromatic N) is 1. The van der Waals surface area contributed by atoms with E-state index in [9.17, 15) is 19.7 Å². The lowest BCUT2D eigenvalue weighted by Gasteiger charge is -2.05. The summed E-state index contributed by atoms with van der Waals surface area (Å²) < 4.78 is 4.88. The van der Waals surface area contributed by atoms with Crippen molar-refractivity contribution in [1.82, 2.24) is 0 Å². The first-order valence-corrected chi connectivity index (χ1v) is 7.04. The molecule has 0 N–H and O–H groups in total. The van der Waals surface area contributed by atoms with E-state index in [1.165, 1.54) is 36.4 Å². The number of hydrogen-bond donors (Lipinski definition) is 0. The molecule has 0 heterocycles. The quantitative estimate of drug-likeness (QED) is 0.351. The number of halogens is 2. The molecule has 0 radical (unpaired) electrons. The summed E-state index contributed by atoms with van der Waals surface area (Å²) in [7, 11) is 0. The van der Waals surface area contributed by atoms with Crippen LogP contribution in [-0.2, 0) is 4.74 Å². The third kappa shape index (κ3) is 4.28. The van der Waals surface area contributed by atoms with Gasteiger partial charge in [0.2, 0.25) is 5.78 Å². The van der Waals surface area contributed by atoms with Crippen molar-refractivity contribution in [3.8, 4) is 0 Å². The fraction of sp³-hybridized carbons (Fsp3) is 0.0667. The molecule has 23 heavy (non-hydrogen) atoms. The van der Waals surface area contributed by atoms with Gasteiger partial charge < -0.3 is 4.74 Å². The van der Waals surface area contributed by atoms with Crippen LogP contribution in [0, 0.1) is 10.1 Å². The van der Waals surface area contributed by atoms with E-state index in [0.717, 1.165) is 6.07 Å². The van der Waals surface area contributed by atoms with Gasteiger partial charge in [0.15, 0.2) is 6.61 Å². The van der Waals surface area contributed by atoms with Crippen molar-refractivity contribution in [1.29, 1.82) is 0 Å². The third-order valence-electron chi connectivity index (χ3n) is 2.87. The van der Waals surface area contributed by atoms with Crippen molar-refractivity contribution in [2.75, 3.05) is 6.61 Å². The predicted octanol–water partition coefficient (Wildman–Crippen LogP) is 3.94. The number of ketones is 1. The van der Waals surface area contributed by atoms with E-state index in [1.54, 1.807) is 0 Å². The van der Waals surface area contributed by atoms with Crippen molar-refractivity contribution in [2.24, 2.45) is 0 Å². The standard InChI is InChI=1S/C15H9Cl2NO5/c16-12-5-4-10(7-13(12)17)15(20)23-8-14(19)9-2-1-3-11(6-9)18(21)22/h1-7H,8H2. The average molecular weight is 354 g/mol. The van der Waals surface area contributed by atoms with Gasteiger partial charge in [0.25, 0.3) is 5.69 Å². The van der Waals surface area contributed by atoms with E-state index in [4.69, 9.17) is 27.9 Å². The molecule has 0 atom stereocenters. The van der Waals surface area contributed by atoms with Crippen molar-refractivity contribution in [2.45, 2.75) is 0 Å². The highest BCUT2D eigenvalue weighted by molar-refractivity contribution is 6.42. The van der Waals surface area contributed by atoms with E-state index in [-0.39, 0.29) is 26.9 Å². The Morgan fingerprint density at radius 3 is 2.43 bits per heavy atom. The molecule has 0 aliphatic heterocycles. The van der Waals surface area contributed by atoms with Crippen molar-refractivity contribution >= 4 is 40.6 Å². The van der Waals surface area contributed by atoms with Gasteiger partial charge in [-0.15, -0.1) is 0 Å². The van der Waals surface area contributed by atoms with Gasteiger partial charge in [0, 0.05) is 17.7 Å². The molecule has 118 valence electrons. The van der Waals surface area contributed by atoms with Crippen LogP contribution in [0.1, 0.15) is 20.7 Å². The number of carbonyl (C=O) groups is 2. The number of nitro benzene ring substituents is 1. The molecule has 0 aliphatic carbocycles. The molecule has 0 spiro atoms. The number of benzene rings is 2. The summed E-state index contributed by atoms with van der Waals surface area (Å²) in [6.45, 7) is -0.541. The molecule has 2 aromatic carbocycles. The van der Waals surface area contributed by atoms with E-state index in [2.05, 4.69) is 0 Å². The molecule has 0 aromatic heterocycles. The second-order valence-corrected chi connectivity index (χ2v) is 5.25. The lowest BCUT2D eigenvalue weighted by molar-refractivity contribution is -0.384. The molecule has 0 saturated carbocycles. The van der Waals surface area contributed by atoms with Crippen LogP contribution >= 0.6 is 23.2 Å². The van der Waals surface area contributed by atoms with Crippen molar-refractivity contribution in [3.63, 3.8) is 0 Å². The van der Waals surface area contributed by atoms with Crippen molar-refractivity contribution < 1.29 is 19.2 Å². The second-order valence-electron chi connectivity index (χ2n) is 4.44. The third-order valence-corrected chi connectivity index (χ3v) is 3.61. The summed E-state index contributed by atoms with van der Waals surface area (Å²) in [6.07, 6.45) is 0. The monoisotopic (exact) mass is 353 g/mol. The number of rotatable bonds is 5. The summed E-state index contributed by atoms with van der Waals surface area (Å²) in [5.41, 5.74) is 0.0130. The lowest BCUT2D eigenvalue weighted by Crippen LogP contribution is -2.14. The summed E-state index contributed by atoms with van der Waals surface area (Å²) in [6, 6.07) is 9.34. The Morgan fingerprint density at radius 1 is 1.04 bits per heavy atom. The topological polar surface area (TPSA) is 86.5 Å². The van der Waals surface area contributed by atoms with Gasteiger partial charge in [-0.2, -0.15) is 0 Å². The Kier molecular flexibility index (Phi) is 5.31. The molecule has 0 saturated heterocycles. The predicted molar refractivity (Wildman–Crippen MR) is 84.2 cm³/mol. The maximum atomic E-state index is 11.9. The zero-order valence-corrected chi connectivity index (χ0v) is 13.0. The van der Waals surface area contributed by atoms with Crippen LogP contribution in [0.3, 0.4) is 0 Å². The molecule has 0 bridgehead atoms. The summed E-state index contributed by atoms with van der Waals surface area (Å²) in [5.74, 6) is -1.30. The van der Waals surface area contributed by atoms with Crippen LogP contribution in [0.15, 0.2) is 42.5 Å². The summed E-state index contributed by atoms with van der Waals surface area (Å²) in [5, 5.41) is 11.1. The molecule has 0 fully saturated rings. The van der Waals surface area contributed by atoms with Gasteiger partial charge in [0.1, 0.15) is 0 Å². The number of Topliss-reactive ketones (excluding diaryl/α,β-unsaturated/α-hetero) is 1. The van der Waals surface area contributed by atoms with Gasteiger partial charge in [-0.25, -0.2) is 4.79 Å². The average Bonchev–Trinajstić information content (AvgIpc) is 2.54. The van der Waals surface area contributed by atoms with Crippen LogP contribution in [0.2, 0.25) is 10.0 Å². The first kappa shape index (κ1) is 16.9. The van der Waals surface area contributed by atoms with Crippen LogP contribution in [0.4, 0.5) is 5.69 Å². The van der Waals surface area contributed by atoms with E-state index < -0.39 is 23.3 Å². The number of nitro groups is 1. The Bertz CT molecular complexity index is 791. The Hall–Kier alpha value is -2.44. The SMILES string of the molecule is O=C(COC(=O)c1ccc(Cl)c(Cl)c1)c1cccc([N+](=O)[O-])c1. The molecular formula is C15H9Cl2NO5. The normalized spacial score (nSPS) is 10.2. The minimum absolute atomic E-state index is 0.0844. The maximum absolute atomic E-state index is 11.9. The van der Waals surface area contributed by atoms with Crippen LogP contribution < -0.4 is 0 Å². The highest BCUT2D eigenvalue weighted by atomic mass is 35.5. The van der Waals surface area contributed by atoms with Crippen LogP contribution in [0.25, 0.3) is 0 Å². The second kappa shape index (κ2) is 7.21. The first-order valence-electron chi connectivity index (χ1n) is 6.28. The first-order chi connectivity index (χ1) is 10.9. The van der Waals surface area contributed by atoms with Gasteiger partial charge >= 0.3 is 5.97 Å². The zero-order chi connectivity index (χ0) is 17.0. The number of hydrogen-bond acceptors (Lipinski definition) is 5. The van der Waals surface area contributed by atoms with Gasteiger partial charge in [-0.3, -0.25) is 14.9 Å². The highest BCUT2D eigenvalue weighted by Gasteiger charge is 2.15. The Labute approximate surface area is 140 Å². The van der Waals surface area contributed by atoms with Crippen LogP contribution in [-0.4, -0.2) is 23.3 Å². The Balaban J connectivity index is 2.03. The summed E-state index contributed by atoms with van der Waals surface area (Å²) >= 11 is 11.5. The number of ether oxygens (including phenoxy) is 1. The zero-order valence-electron chi connectivity index (χ0n) is 11.5. The van der Waals surface area contributed by atoms with Crippen molar-refractivity contribution in [3.05, 3.63) is 73.8 Å². The number of non-ortho nitro benzene ring substituents is 1. The van der Waals surface area contributed by atoms with Gasteiger partial charge in [0.05, 0.1) is 20.5 Å². The van der Waals surface area contributed by atoms with E-state index in [0.29, 0.717) is 0 Å². The largest absolute Gasteiger partial charge is 0.454 e. The Morgan fingerprint density at radius 2 is 1.78 bits per heavy atom. The molecular weight excluding hydrogens is 345 g/mol. The van der Waals surface area contributed by atoms with Gasteiger partial charge in [-0.1, -0.05) is 35.3 Å². The van der Waals surface area contributed by atoms with E-state index in [1.807, 2.05) is 0 Å². The smallest absolute Gasteiger partial charge is 0.338 e. The minimum Gasteiger partial charge on any atom is -0.454 e. The molecule has 2 aromatic rings.